The first-order chi connectivity index (χ1) is 8.51. The molecule has 0 spiro atoms. The van der Waals surface area contributed by atoms with Crippen molar-refractivity contribution in [2.45, 2.75) is 13.0 Å². The average Bonchev–Trinajstić information content (AvgIpc) is 2.26. The molecule has 0 atom stereocenters. The Kier molecular flexibility index (Phi) is 2.30. The van der Waals surface area contributed by atoms with Gasteiger partial charge in [0.05, 0.1) is 5.56 Å². The van der Waals surface area contributed by atoms with Gasteiger partial charge >= 0.3 is 12.1 Å². The third kappa shape index (κ3) is 3.12. The lowest BCUT2D eigenvalue weighted by atomic mass is 10.2. The topological polar surface area (TPSA) is 26.3 Å². The number of alkyl halides is 3. The van der Waals surface area contributed by atoms with E-state index in [-0.39, 0.29) is 0 Å². The molecule has 1 aromatic rings. The van der Waals surface area contributed by atoms with Crippen molar-refractivity contribution in [1.29, 1.82) is 0 Å². The molecule has 16 heavy (non-hydrogen) atoms. The molecule has 0 N–H and O–H groups in total. The zero-order valence-corrected chi connectivity index (χ0v) is 7.97. The van der Waals surface area contributed by atoms with Crippen molar-refractivity contribution in [1.82, 2.24) is 0 Å². The number of hydrogen-bond donors (Lipinski definition) is 0. The summed E-state index contributed by atoms with van der Waals surface area (Å²) in [4.78, 5) is 11.4. The number of rotatable bonds is 2. The lowest BCUT2D eigenvalue weighted by molar-refractivity contribution is -0.138. The zero-order valence-electron chi connectivity index (χ0n) is 11.0. The molecule has 1 aromatic carbocycles. The second-order valence-corrected chi connectivity index (χ2v) is 2.89. The van der Waals surface area contributed by atoms with Crippen LogP contribution in [0.2, 0.25) is 0 Å². The molecule has 0 radical (unpaired) electrons. The Bertz CT molecular complexity index is 507. The predicted octanol–water partition coefficient (Wildman–Crippen LogP) is 3.19. The van der Waals surface area contributed by atoms with Gasteiger partial charge in [0.15, 0.2) is 0 Å². The van der Waals surface area contributed by atoms with Crippen LogP contribution in [0.4, 0.5) is 13.2 Å². The maximum absolute atomic E-state index is 12.4. The standard InChI is InChI=1S/C11H9F3O2/c1-7(2)10(15)16-9-5-3-4-8(6-9)11(12,13)14/h3-6H,1H2,2H3/i2D3. The SMILES string of the molecule is [2H]C([2H])([2H])C(=C)C(=O)Oc1cccc(C(F)(F)F)c1. The van der Waals surface area contributed by atoms with Gasteiger partial charge in [-0.15, -0.1) is 0 Å². The molecule has 86 valence electrons. The van der Waals surface area contributed by atoms with Gasteiger partial charge in [0, 0.05) is 9.69 Å². The largest absolute Gasteiger partial charge is 0.423 e. The zero-order chi connectivity index (χ0) is 14.8. The molecule has 0 saturated carbocycles. The third-order valence-electron chi connectivity index (χ3n) is 1.62. The fourth-order valence-electron chi connectivity index (χ4n) is 0.905. The van der Waals surface area contributed by atoms with E-state index >= 15 is 0 Å². The first-order valence-electron chi connectivity index (χ1n) is 5.60. The van der Waals surface area contributed by atoms with Crippen molar-refractivity contribution in [3.63, 3.8) is 0 Å². The molecule has 0 heterocycles. The summed E-state index contributed by atoms with van der Waals surface area (Å²) in [5, 5.41) is 0. The van der Waals surface area contributed by atoms with Gasteiger partial charge < -0.3 is 4.74 Å². The number of carbonyl (C=O) groups excluding carboxylic acids is 1. The van der Waals surface area contributed by atoms with E-state index in [1.54, 1.807) is 0 Å². The van der Waals surface area contributed by atoms with Gasteiger partial charge in [-0.2, -0.15) is 13.2 Å². The van der Waals surface area contributed by atoms with Gasteiger partial charge in [0.25, 0.3) is 0 Å². The van der Waals surface area contributed by atoms with Crippen LogP contribution in [-0.2, 0) is 11.0 Å². The van der Waals surface area contributed by atoms with E-state index in [0.29, 0.717) is 6.07 Å². The highest BCUT2D eigenvalue weighted by Gasteiger charge is 2.30. The Morgan fingerprint density at radius 2 is 2.19 bits per heavy atom. The summed E-state index contributed by atoms with van der Waals surface area (Å²) >= 11 is 0. The van der Waals surface area contributed by atoms with E-state index < -0.39 is 35.9 Å². The molecule has 0 bridgehead atoms. The molecule has 0 aliphatic heterocycles. The summed E-state index contributed by atoms with van der Waals surface area (Å²) in [5.41, 5.74) is -1.80. The van der Waals surface area contributed by atoms with Gasteiger partial charge in [-0.25, -0.2) is 4.79 Å². The molecule has 0 aromatic heterocycles. The second kappa shape index (κ2) is 4.38. The van der Waals surface area contributed by atoms with E-state index in [4.69, 9.17) is 4.11 Å². The molecule has 5 heteroatoms. The second-order valence-electron chi connectivity index (χ2n) is 2.89. The number of hydrogen-bond acceptors (Lipinski definition) is 2. The lowest BCUT2D eigenvalue weighted by Gasteiger charge is -2.08. The van der Waals surface area contributed by atoms with Gasteiger partial charge in [-0.3, -0.25) is 0 Å². The fraction of sp³-hybridized carbons (Fsp3) is 0.182. The normalized spacial score (nSPS) is 14.6. The minimum absolute atomic E-state index is 0.398. The number of carbonyl (C=O) groups is 1. The monoisotopic (exact) mass is 233 g/mol. The quantitative estimate of drug-likeness (QED) is 0.445. The molecular weight excluding hydrogens is 221 g/mol. The molecule has 0 saturated heterocycles. The summed E-state index contributed by atoms with van der Waals surface area (Å²) in [7, 11) is 0. The van der Waals surface area contributed by atoms with Crippen molar-refractivity contribution in [2.24, 2.45) is 0 Å². The van der Waals surface area contributed by atoms with Gasteiger partial charge in [-0.1, -0.05) is 12.6 Å². The summed E-state index contributed by atoms with van der Waals surface area (Å²) in [6.45, 7) is 0.283. The minimum Gasteiger partial charge on any atom is -0.423 e. The molecule has 0 aliphatic rings. The molecule has 0 amide bonds. The molecule has 0 aliphatic carbocycles. The number of halogens is 3. The smallest absolute Gasteiger partial charge is 0.416 e. The van der Waals surface area contributed by atoms with Crippen LogP contribution in [0.25, 0.3) is 0 Å². The van der Waals surface area contributed by atoms with Crippen LogP contribution in [-0.4, -0.2) is 5.97 Å². The summed E-state index contributed by atoms with van der Waals surface area (Å²) in [6, 6.07) is 3.56. The molecule has 2 nitrogen and oxygen atoms in total. The first kappa shape index (κ1) is 8.38. The van der Waals surface area contributed by atoms with Crippen LogP contribution in [0, 0.1) is 0 Å². The van der Waals surface area contributed by atoms with Crippen LogP contribution in [0.1, 0.15) is 16.5 Å². The fourth-order valence-corrected chi connectivity index (χ4v) is 0.905. The number of esters is 1. The number of benzene rings is 1. The molecule has 0 fully saturated rings. The van der Waals surface area contributed by atoms with Crippen LogP contribution in [0.15, 0.2) is 36.4 Å². The average molecular weight is 233 g/mol. The van der Waals surface area contributed by atoms with E-state index in [2.05, 4.69) is 11.3 Å². The molecular formula is C11H9F3O2. The summed E-state index contributed by atoms with van der Waals surface area (Å²) in [6.07, 6.45) is -4.58. The van der Waals surface area contributed by atoms with Crippen LogP contribution < -0.4 is 4.74 Å². The van der Waals surface area contributed by atoms with Crippen molar-refractivity contribution in [2.75, 3.05) is 0 Å². The highest BCUT2D eigenvalue weighted by Crippen LogP contribution is 2.31. The Hall–Kier alpha value is -1.78. The highest BCUT2D eigenvalue weighted by atomic mass is 19.4. The molecule has 1 rings (SSSR count). The van der Waals surface area contributed by atoms with E-state index in [1.807, 2.05) is 0 Å². The maximum atomic E-state index is 12.4. The van der Waals surface area contributed by atoms with Gasteiger partial charge in [0.2, 0.25) is 0 Å². The summed E-state index contributed by atoms with van der Waals surface area (Å²) < 4.78 is 62.5. The third-order valence-corrected chi connectivity index (χ3v) is 1.62. The Morgan fingerprint density at radius 3 is 2.75 bits per heavy atom. The Labute approximate surface area is 94.6 Å². The van der Waals surface area contributed by atoms with Gasteiger partial charge in [-0.05, 0) is 25.1 Å². The van der Waals surface area contributed by atoms with Crippen molar-refractivity contribution in [3.8, 4) is 5.75 Å². The van der Waals surface area contributed by atoms with Crippen LogP contribution in [0.3, 0.4) is 0 Å². The number of ether oxygens (including phenoxy) is 1. The van der Waals surface area contributed by atoms with E-state index in [0.717, 1.165) is 18.2 Å². The molecule has 0 unspecified atom stereocenters. The first-order valence-corrected chi connectivity index (χ1v) is 4.10. The summed E-state index contributed by atoms with van der Waals surface area (Å²) in [5.74, 6) is -1.69. The highest BCUT2D eigenvalue weighted by molar-refractivity contribution is 5.88. The van der Waals surface area contributed by atoms with Crippen molar-refractivity contribution >= 4 is 5.97 Å². The van der Waals surface area contributed by atoms with Crippen molar-refractivity contribution in [3.05, 3.63) is 42.0 Å². The van der Waals surface area contributed by atoms with Crippen LogP contribution >= 0.6 is 0 Å². The maximum Gasteiger partial charge on any atom is 0.416 e. The minimum atomic E-state index is -4.58. The van der Waals surface area contributed by atoms with E-state index in [9.17, 15) is 18.0 Å². The Morgan fingerprint density at radius 1 is 1.50 bits per heavy atom. The Balaban J connectivity index is 2.90. The lowest BCUT2D eigenvalue weighted by Crippen LogP contribution is -2.10. The van der Waals surface area contributed by atoms with E-state index in [1.165, 1.54) is 0 Å². The van der Waals surface area contributed by atoms with Crippen molar-refractivity contribution < 1.29 is 26.8 Å². The van der Waals surface area contributed by atoms with Gasteiger partial charge in [0.1, 0.15) is 5.75 Å². The predicted molar refractivity (Wildman–Crippen MR) is 51.9 cm³/mol. The van der Waals surface area contributed by atoms with Crippen LogP contribution in [0.5, 0.6) is 5.75 Å².